The second kappa shape index (κ2) is 4.50. The molecule has 2 heterocycles. The van der Waals surface area contributed by atoms with Gasteiger partial charge in [0.15, 0.2) is 0 Å². The van der Waals surface area contributed by atoms with Crippen molar-refractivity contribution in [3.05, 3.63) is 23.3 Å². The average molecular weight is 273 g/mol. The van der Waals surface area contributed by atoms with Crippen LogP contribution in [0.3, 0.4) is 0 Å². The fourth-order valence-electron chi connectivity index (χ4n) is 2.96. The van der Waals surface area contributed by atoms with Gasteiger partial charge in [0, 0.05) is 12.2 Å². The highest BCUT2D eigenvalue weighted by molar-refractivity contribution is 6.62. The minimum Gasteiger partial charge on any atom is -0.399 e. The van der Waals surface area contributed by atoms with E-state index in [9.17, 15) is 0 Å². The van der Waals surface area contributed by atoms with Gasteiger partial charge in [0.1, 0.15) is 0 Å². The predicted molar refractivity (Wildman–Crippen MR) is 83.7 cm³/mol. The van der Waals surface area contributed by atoms with Crippen LogP contribution in [0.2, 0.25) is 0 Å². The zero-order valence-corrected chi connectivity index (χ0v) is 13.2. The van der Waals surface area contributed by atoms with Gasteiger partial charge in [-0.05, 0) is 64.1 Å². The zero-order chi connectivity index (χ0) is 14.5. The van der Waals surface area contributed by atoms with Crippen molar-refractivity contribution in [2.75, 3.05) is 11.9 Å². The molecule has 0 radical (unpaired) electrons. The molecule has 1 fully saturated rings. The van der Waals surface area contributed by atoms with Crippen molar-refractivity contribution in [1.29, 1.82) is 0 Å². The first-order chi connectivity index (χ1) is 9.32. The summed E-state index contributed by atoms with van der Waals surface area (Å²) in [7, 11) is -0.269. The van der Waals surface area contributed by atoms with Crippen molar-refractivity contribution >= 4 is 18.3 Å². The number of benzene rings is 1. The van der Waals surface area contributed by atoms with Gasteiger partial charge in [-0.1, -0.05) is 12.1 Å². The fraction of sp³-hybridized carbons (Fsp3) is 0.625. The highest BCUT2D eigenvalue weighted by atomic mass is 16.7. The Morgan fingerprint density at radius 1 is 1.10 bits per heavy atom. The Labute approximate surface area is 122 Å². The van der Waals surface area contributed by atoms with Crippen LogP contribution in [-0.2, 0) is 15.7 Å². The number of fused-ring (bicyclic) bond motifs is 1. The van der Waals surface area contributed by atoms with Gasteiger partial charge in [-0.3, -0.25) is 0 Å². The minimum atomic E-state index is -0.284. The molecule has 0 amide bonds. The SMILES string of the molecule is Cc1c(B2OC(C)(C)C(C)(C)O2)ccc2c1NCCC2. The third kappa shape index (κ3) is 2.06. The van der Waals surface area contributed by atoms with Crippen LogP contribution in [0.25, 0.3) is 0 Å². The Morgan fingerprint density at radius 2 is 1.75 bits per heavy atom. The van der Waals surface area contributed by atoms with Gasteiger partial charge < -0.3 is 14.6 Å². The number of rotatable bonds is 1. The second-order valence-corrected chi connectivity index (χ2v) is 6.93. The largest absolute Gasteiger partial charge is 0.495 e. The third-order valence-corrected chi connectivity index (χ3v) is 5.03. The van der Waals surface area contributed by atoms with Crippen LogP contribution in [0.4, 0.5) is 5.69 Å². The first kappa shape index (κ1) is 14.0. The van der Waals surface area contributed by atoms with Crippen molar-refractivity contribution in [2.24, 2.45) is 0 Å². The summed E-state index contributed by atoms with van der Waals surface area (Å²) in [6.45, 7) is 11.6. The standard InChI is InChI=1S/C16H24BNO2/c1-11-13(9-8-12-7-6-10-18-14(11)12)17-19-15(2,3)16(4,5)20-17/h8-9,18H,6-7,10H2,1-5H3. The summed E-state index contributed by atoms with van der Waals surface area (Å²) in [6, 6.07) is 4.39. The van der Waals surface area contributed by atoms with Gasteiger partial charge in [0.05, 0.1) is 11.2 Å². The van der Waals surface area contributed by atoms with Gasteiger partial charge >= 0.3 is 7.12 Å². The van der Waals surface area contributed by atoms with E-state index < -0.39 is 0 Å². The molecule has 0 spiro atoms. The first-order valence-electron chi connectivity index (χ1n) is 7.54. The van der Waals surface area contributed by atoms with Gasteiger partial charge in [-0.2, -0.15) is 0 Å². The molecule has 2 aliphatic heterocycles. The number of nitrogens with one attached hydrogen (secondary N) is 1. The normalized spacial score (nSPS) is 23.4. The maximum Gasteiger partial charge on any atom is 0.495 e. The molecular formula is C16H24BNO2. The van der Waals surface area contributed by atoms with Crippen LogP contribution in [-0.4, -0.2) is 24.9 Å². The molecule has 108 valence electrons. The lowest BCUT2D eigenvalue weighted by Crippen LogP contribution is -2.41. The van der Waals surface area contributed by atoms with E-state index in [0.29, 0.717) is 0 Å². The molecule has 0 aliphatic carbocycles. The summed E-state index contributed by atoms with van der Waals surface area (Å²) >= 11 is 0. The van der Waals surface area contributed by atoms with Crippen LogP contribution in [0, 0.1) is 6.92 Å². The van der Waals surface area contributed by atoms with Crippen molar-refractivity contribution < 1.29 is 9.31 Å². The van der Waals surface area contributed by atoms with Crippen molar-refractivity contribution in [1.82, 2.24) is 0 Å². The van der Waals surface area contributed by atoms with E-state index in [0.717, 1.165) is 18.4 Å². The topological polar surface area (TPSA) is 30.5 Å². The van der Waals surface area contributed by atoms with Crippen LogP contribution >= 0.6 is 0 Å². The van der Waals surface area contributed by atoms with Crippen LogP contribution in [0.5, 0.6) is 0 Å². The lowest BCUT2D eigenvalue weighted by Gasteiger charge is -2.32. The summed E-state index contributed by atoms with van der Waals surface area (Å²) in [4.78, 5) is 0. The first-order valence-corrected chi connectivity index (χ1v) is 7.54. The Hall–Kier alpha value is -0.995. The summed E-state index contributed by atoms with van der Waals surface area (Å²) in [5.41, 5.74) is 4.54. The molecule has 2 aliphatic rings. The van der Waals surface area contributed by atoms with Crippen LogP contribution < -0.4 is 10.8 Å². The quantitative estimate of drug-likeness (QED) is 0.798. The molecule has 20 heavy (non-hydrogen) atoms. The van der Waals surface area contributed by atoms with Crippen molar-refractivity contribution in [3.63, 3.8) is 0 Å². The molecule has 1 aromatic rings. The second-order valence-electron chi connectivity index (χ2n) is 6.93. The zero-order valence-electron chi connectivity index (χ0n) is 13.2. The Bertz CT molecular complexity index is 524. The van der Waals surface area contributed by atoms with E-state index in [1.165, 1.54) is 23.2 Å². The summed E-state index contributed by atoms with van der Waals surface area (Å²) in [5, 5.41) is 3.53. The molecule has 3 rings (SSSR count). The fourth-order valence-corrected chi connectivity index (χ4v) is 2.96. The minimum absolute atomic E-state index is 0.269. The number of hydrogen-bond donors (Lipinski definition) is 1. The predicted octanol–water partition coefficient (Wildman–Crippen LogP) is 2.65. The van der Waals surface area contributed by atoms with Gasteiger partial charge in [0.2, 0.25) is 0 Å². The van der Waals surface area contributed by atoms with Crippen molar-refractivity contribution in [2.45, 2.75) is 58.7 Å². The number of aryl methyl sites for hydroxylation is 1. The molecule has 4 heteroatoms. The monoisotopic (exact) mass is 273 g/mol. The van der Waals surface area contributed by atoms with E-state index in [1.54, 1.807) is 0 Å². The van der Waals surface area contributed by atoms with Crippen LogP contribution in [0.1, 0.15) is 45.2 Å². The molecule has 0 unspecified atom stereocenters. The highest BCUT2D eigenvalue weighted by Crippen LogP contribution is 2.37. The van der Waals surface area contributed by atoms with E-state index in [1.807, 2.05) is 0 Å². The maximum absolute atomic E-state index is 6.17. The van der Waals surface area contributed by atoms with Gasteiger partial charge in [0.25, 0.3) is 0 Å². The Balaban J connectivity index is 1.96. The Kier molecular flexibility index (Phi) is 3.14. The van der Waals surface area contributed by atoms with E-state index in [4.69, 9.17) is 9.31 Å². The smallest absolute Gasteiger partial charge is 0.399 e. The number of hydrogen-bond acceptors (Lipinski definition) is 3. The van der Waals surface area contributed by atoms with E-state index in [-0.39, 0.29) is 18.3 Å². The lowest BCUT2D eigenvalue weighted by molar-refractivity contribution is 0.00578. The lowest BCUT2D eigenvalue weighted by atomic mass is 9.74. The summed E-state index contributed by atoms with van der Waals surface area (Å²) < 4.78 is 12.3. The van der Waals surface area contributed by atoms with Gasteiger partial charge in [-0.15, -0.1) is 0 Å². The number of anilines is 1. The van der Waals surface area contributed by atoms with E-state index in [2.05, 4.69) is 52.1 Å². The van der Waals surface area contributed by atoms with E-state index >= 15 is 0 Å². The highest BCUT2D eigenvalue weighted by Gasteiger charge is 2.52. The average Bonchev–Trinajstić information content (AvgIpc) is 2.59. The molecule has 1 saturated heterocycles. The molecule has 0 bridgehead atoms. The molecule has 0 aromatic heterocycles. The summed E-state index contributed by atoms with van der Waals surface area (Å²) in [5.74, 6) is 0. The molecule has 0 saturated carbocycles. The molecule has 0 atom stereocenters. The third-order valence-electron chi connectivity index (χ3n) is 5.03. The van der Waals surface area contributed by atoms with Gasteiger partial charge in [-0.25, -0.2) is 0 Å². The molecular weight excluding hydrogens is 249 g/mol. The molecule has 3 nitrogen and oxygen atoms in total. The molecule has 1 aromatic carbocycles. The molecule has 1 N–H and O–H groups in total. The maximum atomic E-state index is 6.17. The van der Waals surface area contributed by atoms with Crippen LogP contribution in [0.15, 0.2) is 12.1 Å². The Morgan fingerprint density at radius 3 is 2.40 bits per heavy atom. The van der Waals surface area contributed by atoms with Crippen molar-refractivity contribution in [3.8, 4) is 0 Å². The summed E-state index contributed by atoms with van der Waals surface area (Å²) in [6.07, 6.45) is 2.37.